The Labute approximate surface area is 147 Å². The lowest BCUT2D eigenvalue weighted by Crippen LogP contribution is -2.54. The van der Waals surface area contributed by atoms with E-state index in [1.54, 1.807) is 11.3 Å². The van der Waals surface area contributed by atoms with Crippen LogP contribution >= 0.6 is 23.7 Å². The Morgan fingerprint density at radius 1 is 1.30 bits per heavy atom. The van der Waals surface area contributed by atoms with Gasteiger partial charge in [-0.15, -0.1) is 23.7 Å². The minimum Gasteiger partial charge on any atom is -0.324 e. The topological polar surface area (TPSA) is 54.0 Å². The Hall–Kier alpha value is -1.43. The van der Waals surface area contributed by atoms with Crippen LogP contribution in [0.5, 0.6) is 0 Å². The average molecular weight is 352 g/mol. The van der Waals surface area contributed by atoms with Crippen molar-refractivity contribution < 1.29 is 4.79 Å². The van der Waals surface area contributed by atoms with E-state index < -0.39 is 5.54 Å². The van der Waals surface area contributed by atoms with Gasteiger partial charge in [-0.3, -0.25) is 4.79 Å². The molecule has 0 aliphatic carbocycles. The Bertz CT molecular complexity index is 663. The van der Waals surface area contributed by atoms with Gasteiger partial charge in [0.25, 0.3) is 0 Å². The molecule has 1 amide bonds. The van der Waals surface area contributed by atoms with E-state index in [1.807, 2.05) is 38.1 Å². The summed E-state index contributed by atoms with van der Waals surface area (Å²) in [6, 6.07) is 7.88. The fourth-order valence-corrected chi connectivity index (χ4v) is 3.36. The number of amides is 1. The monoisotopic (exact) mass is 351 g/mol. The maximum atomic E-state index is 12.5. The van der Waals surface area contributed by atoms with Crippen LogP contribution in [0.3, 0.4) is 0 Å². The normalized spacial score (nSPS) is 20.6. The molecule has 6 heteroatoms. The number of rotatable bonds is 3. The number of thiazole rings is 1. The van der Waals surface area contributed by atoms with Gasteiger partial charge in [0.15, 0.2) is 0 Å². The summed E-state index contributed by atoms with van der Waals surface area (Å²) in [7, 11) is 0. The van der Waals surface area contributed by atoms with Crippen molar-refractivity contribution in [2.45, 2.75) is 38.6 Å². The molecule has 2 N–H and O–H groups in total. The second kappa shape index (κ2) is 7.43. The quantitative estimate of drug-likeness (QED) is 0.878. The predicted octanol–water partition coefficient (Wildman–Crippen LogP) is 4.01. The average Bonchev–Trinajstić information content (AvgIpc) is 2.95. The van der Waals surface area contributed by atoms with Gasteiger partial charge in [0, 0.05) is 16.6 Å². The smallest absolute Gasteiger partial charge is 0.244 e. The number of anilines is 1. The molecule has 3 rings (SSSR count). The number of aromatic nitrogens is 1. The highest BCUT2D eigenvalue weighted by Crippen LogP contribution is 2.24. The molecule has 1 aliphatic heterocycles. The summed E-state index contributed by atoms with van der Waals surface area (Å²) in [5.41, 5.74) is 2.43. The first-order chi connectivity index (χ1) is 10.6. The third-order valence-electron chi connectivity index (χ3n) is 4.18. The zero-order valence-corrected chi connectivity index (χ0v) is 15.0. The van der Waals surface area contributed by atoms with Gasteiger partial charge < -0.3 is 10.6 Å². The van der Waals surface area contributed by atoms with Crippen molar-refractivity contribution in [3.8, 4) is 11.3 Å². The summed E-state index contributed by atoms with van der Waals surface area (Å²) >= 11 is 1.64. The molecule has 1 aromatic carbocycles. The van der Waals surface area contributed by atoms with E-state index in [2.05, 4.69) is 21.0 Å². The Kier molecular flexibility index (Phi) is 5.79. The van der Waals surface area contributed by atoms with Gasteiger partial charge in [-0.2, -0.15) is 0 Å². The number of hydrogen-bond donors (Lipinski definition) is 2. The Balaban J connectivity index is 0.00000192. The maximum absolute atomic E-state index is 12.5. The summed E-state index contributed by atoms with van der Waals surface area (Å²) in [5.74, 6) is 0.0458. The van der Waals surface area contributed by atoms with E-state index in [9.17, 15) is 4.79 Å². The first-order valence-corrected chi connectivity index (χ1v) is 8.54. The summed E-state index contributed by atoms with van der Waals surface area (Å²) in [6.45, 7) is 4.89. The predicted molar refractivity (Wildman–Crippen MR) is 98.4 cm³/mol. The lowest BCUT2D eigenvalue weighted by Gasteiger charge is -2.33. The first kappa shape index (κ1) is 17.9. The molecule has 0 bridgehead atoms. The molecule has 1 fully saturated rings. The zero-order valence-electron chi connectivity index (χ0n) is 13.4. The van der Waals surface area contributed by atoms with Crippen molar-refractivity contribution >= 4 is 35.3 Å². The fraction of sp³-hybridized carbons (Fsp3) is 0.412. The fourth-order valence-electron chi connectivity index (χ4n) is 2.74. The highest BCUT2D eigenvalue weighted by Gasteiger charge is 2.34. The van der Waals surface area contributed by atoms with Crippen molar-refractivity contribution in [1.82, 2.24) is 10.3 Å². The van der Waals surface area contributed by atoms with Gasteiger partial charge in [-0.05, 0) is 51.8 Å². The van der Waals surface area contributed by atoms with Crippen molar-refractivity contribution in [3.63, 3.8) is 0 Å². The van der Waals surface area contributed by atoms with Gasteiger partial charge in [0.1, 0.15) is 0 Å². The SMILES string of the molecule is Cc1nc(-c2ccc(NC(=O)C3(C)CCCCN3)cc2)cs1.Cl. The number of benzene rings is 1. The van der Waals surface area contributed by atoms with E-state index in [0.29, 0.717) is 0 Å². The van der Waals surface area contributed by atoms with Crippen LogP contribution in [0.2, 0.25) is 0 Å². The van der Waals surface area contributed by atoms with Crippen LogP contribution in [0.15, 0.2) is 29.6 Å². The number of carbonyl (C=O) groups excluding carboxylic acids is 1. The molecule has 1 unspecified atom stereocenters. The van der Waals surface area contributed by atoms with Crippen molar-refractivity contribution in [2.24, 2.45) is 0 Å². The molecule has 23 heavy (non-hydrogen) atoms. The lowest BCUT2D eigenvalue weighted by molar-refractivity contribution is -0.122. The molecular formula is C17H22ClN3OS. The van der Waals surface area contributed by atoms with Crippen LogP contribution in [0, 0.1) is 6.92 Å². The molecule has 0 spiro atoms. The molecule has 4 nitrogen and oxygen atoms in total. The highest BCUT2D eigenvalue weighted by atomic mass is 35.5. The van der Waals surface area contributed by atoms with E-state index in [1.165, 1.54) is 0 Å². The standard InChI is InChI=1S/C17H21N3OS.ClH/c1-12-19-15(11-22-12)13-5-7-14(8-6-13)20-16(21)17(2)9-3-4-10-18-17;/h5-8,11,18H,3-4,9-10H2,1-2H3,(H,20,21);1H. The van der Waals surface area contributed by atoms with Crippen LogP contribution in [0.1, 0.15) is 31.2 Å². The summed E-state index contributed by atoms with van der Waals surface area (Å²) in [6.07, 6.45) is 3.12. The second-order valence-corrected chi connectivity index (χ2v) is 7.06. The van der Waals surface area contributed by atoms with Crippen LogP contribution in [0.4, 0.5) is 5.69 Å². The van der Waals surface area contributed by atoms with E-state index in [4.69, 9.17) is 0 Å². The summed E-state index contributed by atoms with van der Waals surface area (Å²) in [5, 5.41) is 9.46. The molecule has 124 valence electrons. The molecule has 0 radical (unpaired) electrons. The van der Waals surface area contributed by atoms with Gasteiger partial charge in [-0.25, -0.2) is 4.98 Å². The minimum absolute atomic E-state index is 0. The molecule has 1 saturated heterocycles. The number of nitrogens with zero attached hydrogens (tertiary/aromatic N) is 1. The third-order valence-corrected chi connectivity index (χ3v) is 4.95. The van der Waals surface area contributed by atoms with E-state index in [-0.39, 0.29) is 18.3 Å². The molecule has 1 aromatic heterocycles. The summed E-state index contributed by atoms with van der Waals surface area (Å²) < 4.78 is 0. The van der Waals surface area contributed by atoms with Gasteiger partial charge in [0.2, 0.25) is 5.91 Å². The van der Waals surface area contributed by atoms with Crippen molar-refractivity contribution in [2.75, 3.05) is 11.9 Å². The molecule has 1 aliphatic rings. The van der Waals surface area contributed by atoms with Crippen LogP contribution in [0.25, 0.3) is 11.3 Å². The van der Waals surface area contributed by atoms with E-state index in [0.717, 1.165) is 47.8 Å². The van der Waals surface area contributed by atoms with Gasteiger partial charge in [-0.1, -0.05) is 12.1 Å². The first-order valence-electron chi connectivity index (χ1n) is 7.66. The van der Waals surface area contributed by atoms with Gasteiger partial charge in [0.05, 0.1) is 16.2 Å². The molecule has 1 atom stereocenters. The Morgan fingerprint density at radius 2 is 2.04 bits per heavy atom. The van der Waals surface area contributed by atoms with Crippen LogP contribution in [-0.2, 0) is 4.79 Å². The maximum Gasteiger partial charge on any atom is 0.244 e. The minimum atomic E-state index is -0.455. The number of piperidine rings is 1. The molecular weight excluding hydrogens is 330 g/mol. The van der Waals surface area contributed by atoms with Crippen LogP contribution < -0.4 is 10.6 Å². The second-order valence-electron chi connectivity index (χ2n) is 6.00. The number of nitrogens with one attached hydrogen (secondary N) is 2. The highest BCUT2D eigenvalue weighted by molar-refractivity contribution is 7.09. The Morgan fingerprint density at radius 3 is 2.61 bits per heavy atom. The number of hydrogen-bond acceptors (Lipinski definition) is 4. The third kappa shape index (κ3) is 4.10. The molecule has 2 aromatic rings. The number of halogens is 1. The lowest BCUT2D eigenvalue weighted by atomic mass is 9.90. The molecule has 0 saturated carbocycles. The summed E-state index contributed by atoms with van der Waals surface area (Å²) in [4.78, 5) is 16.9. The largest absolute Gasteiger partial charge is 0.324 e. The number of carbonyl (C=O) groups is 1. The van der Waals surface area contributed by atoms with Crippen molar-refractivity contribution in [1.29, 1.82) is 0 Å². The number of aryl methyl sites for hydroxylation is 1. The van der Waals surface area contributed by atoms with E-state index >= 15 is 0 Å². The van der Waals surface area contributed by atoms with Crippen LogP contribution in [-0.4, -0.2) is 23.0 Å². The zero-order chi connectivity index (χ0) is 15.6. The van der Waals surface area contributed by atoms with Gasteiger partial charge >= 0.3 is 0 Å². The molecule has 2 heterocycles. The van der Waals surface area contributed by atoms with Crippen molar-refractivity contribution in [3.05, 3.63) is 34.7 Å².